The number of benzene rings is 2. The monoisotopic (exact) mass is 479 g/mol. The van der Waals surface area contributed by atoms with Crippen molar-refractivity contribution in [3.8, 4) is 28.8 Å². The van der Waals surface area contributed by atoms with Gasteiger partial charge in [-0.25, -0.2) is 8.42 Å². The van der Waals surface area contributed by atoms with E-state index in [0.717, 1.165) is 22.4 Å². The zero-order valence-electron chi connectivity index (χ0n) is 19.2. The molecular weight excluding hydrogens is 454 g/mol. The van der Waals surface area contributed by atoms with Gasteiger partial charge in [0, 0.05) is 43.4 Å². The molecule has 34 heavy (non-hydrogen) atoms. The Morgan fingerprint density at radius 3 is 2.44 bits per heavy atom. The molecule has 176 valence electrons. The van der Waals surface area contributed by atoms with Crippen molar-refractivity contribution in [1.82, 2.24) is 24.3 Å². The van der Waals surface area contributed by atoms with Gasteiger partial charge >= 0.3 is 0 Å². The lowest BCUT2D eigenvalue weighted by atomic mass is 10.1. The quantitative estimate of drug-likeness (QED) is 0.416. The number of nitrogens with zero attached hydrogens (tertiary/aromatic N) is 5. The maximum atomic E-state index is 13.3. The molecule has 0 fully saturated rings. The number of ether oxygens (including phenoxy) is 1. The average Bonchev–Trinajstić information content (AvgIpc) is 3.45. The van der Waals surface area contributed by atoms with E-state index >= 15 is 0 Å². The molecule has 0 saturated heterocycles. The molecule has 0 N–H and O–H groups in total. The van der Waals surface area contributed by atoms with Crippen molar-refractivity contribution in [3.05, 3.63) is 65.4 Å². The van der Waals surface area contributed by atoms with Crippen LogP contribution in [-0.4, -0.2) is 45.9 Å². The van der Waals surface area contributed by atoms with Crippen LogP contribution in [0.1, 0.15) is 23.7 Å². The van der Waals surface area contributed by atoms with E-state index in [-0.39, 0.29) is 17.3 Å². The van der Waals surface area contributed by atoms with E-state index in [0.29, 0.717) is 36.9 Å². The number of aromatic nitrogens is 4. The molecule has 2 aromatic heterocycles. The van der Waals surface area contributed by atoms with Gasteiger partial charge in [-0.2, -0.15) is 9.40 Å². The number of fused-ring (bicyclic) bond motifs is 1. The van der Waals surface area contributed by atoms with Crippen molar-refractivity contribution in [2.45, 2.75) is 31.7 Å². The minimum atomic E-state index is -3.69. The summed E-state index contributed by atoms with van der Waals surface area (Å²) in [5, 5.41) is 13.0. The van der Waals surface area contributed by atoms with Gasteiger partial charge in [0.2, 0.25) is 15.9 Å². The smallest absolute Gasteiger partial charge is 0.268 e. The number of rotatable bonds is 6. The van der Waals surface area contributed by atoms with Crippen LogP contribution in [0.2, 0.25) is 0 Å². The highest BCUT2D eigenvalue weighted by Gasteiger charge is 2.33. The summed E-state index contributed by atoms with van der Waals surface area (Å²) < 4.78 is 41.3. The molecule has 2 aromatic carbocycles. The predicted octanol–water partition coefficient (Wildman–Crippen LogP) is 3.59. The van der Waals surface area contributed by atoms with Gasteiger partial charge in [0.15, 0.2) is 5.69 Å². The third-order valence-electron chi connectivity index (χ3n) is 5.91. The maximum absolute atomic E-state index is 13.3. The Morgan fingerprint density at radius 1 is 1.03 bits per heavy atom. The van der Waals surface area contributed by atoms with Gasteiger partial charge in [-0.15, -0.1) is 10.2 Å². The molecule has 3 heterocycles. The minimum Gasteiger partial charge on any atom is -0.494 e. The van der Waals surface area contributed by atoms with E-state index in [1.54, 1.807) is 28.9 Å². The molecule has 0 amide bonds. The second-order valence-electron chi connectivity index (χ2n) is 8.17. The van der Waals surface area contributed by atoms with Gasteiger partial charge in [0.1, 0.15) is 5.75 Å². The van der Waals surface area contributed by atoms with Gasteiger partial charge in [-0.1, -0.05) is 17.7 Å². The lowest BCUT2D eigenvalue weighted by Gasteiger charge is -2.26. The van der Waals surface area contributed by atoms with Crippen molar-refractivity contribution in [2.24, 2.45) is 7.05 Å². The molecule has 0 spiro atoms. The molecule has 4 aromatic rings. The molecule has 9 nitrogen and oxygen atoms in total. The van der Waals surface area contributed by atoms with Gasteiger partial charge in [-0.05, 0) is 50.2 Å². The molecular formula is C24H25N5O4S. The highest BCUT2D eigenvalue weighted by atomic mass is 32.2. The van der Waals surface area contributed by atoms with E-state index in [9.17, 15) is 8.42 Å². The van der Waals surface area contributed by atoms with Gasteiger partial charge in [-0.3, -0.25) is 4.68 Å². The van der Waals surface area contributed by atoms with Crippen molar-refractivity contribution in [2.75, 3.05) is 13.2 Å². The van der Waals surface area contributed by atoms with Crippen LogP contribution in [-0.2, 0) is 30.0 Å². The van der Waals surface area contributed by atoms with E-state index in [1.807, 2.05) is 45.2 Å². The van der Waals surface area contributed by atoms with Crippen LogP contribution in [0.5, 0.6) is 5.75 Å². The summed E-state index contributed by atoms with van der Waals surface area (Å²) in [7, 11) is -1.85. The number of sulfonamides is 1. The summed E-state index contributed by atoms with van der Waals surface area (Å²) in [5.74, 6) is 1.30. The molecule has 0 saturated carbocycles. The summed E-state index contributed by atoms with van der Waals surface area (Å²) >= 11 is 0. The SMILES string of the molecule is CCOc1ccc(S(=O)(=O)N2CCc3c(c(-c4nnc(-c5ccc(C)cc5)o4)nn3C)C2)cc1. The second-order valence-corrected chi connectivity index (χ2v) is 10.1. The van der Waals surface area contributed by atoms with Gasteiger partial charge in [0.25, 0.3) is 5.89 Å². The van der Waals surface area contributed by atoms with Crippen molar-refractivity contribution >= 4 is 10.0 Å². The number of hydrogen-bond acceptors (Lipinski definition) is 7. The molecule has 0 radical (unpaired) electrons. The summed E-state index contributed by atoms with van der Waals surface area (Å²) in [6.07, 6.45) is 0.536. The highest BCUT2D eigenvalue weighted by molar-refractivity contribution is 7.89. The normalized spacial score (nSPS) is 14.2. The molecule has 1 aliphatic heterocycles. The first kappa shape index (κ1) is 22.3. The third kappa shape index (κ3) is 3.99. The van der Waals surface area contributed by atoms with Gasteiger partial charge < -0.3 is 9.15 Å². The second kappa shape index (κ2) is 8.69. The summed E-state index contributed by atoms with van der Waals surface area (Å²) in [4.78, 5) is 0.226. The van der Waals surface area contributed by atoms with Crippen LogP contribution in [0.15, 0.2) is 57.8 Å². The molecule has 1 aliphatic rings. The fourth-order valence-corrected chi connectivity index (χ4v) is 5.51. The fraction of sp³-hybridized carbons (Fsp3) is 0.292. The largest absolute Gasteiger partial charge is 0.494 e. The van der Waals surface area contributed by atoms with E-state index in [1.165, 1.54) is 4.31 Å². The lowest BCUT2D eigenvalue weighted by molar-refractivity contribution is 0.340. The molecule has 5 rings (SSSR count). The van der Waals surface area contributed by atoms with E-state index in [4.69, 9.17) is 9.15 Å². The Hall–Kier alpha value is -3.50. The average molecular weight is 480 g/mol. The first-order chi connectivity index (χ1) is 16.4. The first-order valence-electron chi connectivity index (χ1n) is 11.1. The van der Waals surface area contributed by atoms with Crippen LogP contribution >= 0.6 is 0 Å². The zero-order valence-corrected chi connectivity index (χ0v) is 20.0. The lowest BCUT2D eigenvalue weighted by Crippen LogP contribution is -2.36. The van der Waals surface area contributed by atoms with Crippen molar-refractivity contribution in [1.29, 1.82) is 0 Å². The van der Waals surface area contributed by atoms with E-state index < -0.39 is 10.0 Å². The van der Waals surface area contributed by atoms with E-state index in [2.05, 4.69) is 15.3 Å². The van der Waals surface area contributed by atoms with Crippen LogP contribution in [0.3, 0.4) is 0 Å². The minimum absolute atomic E-state index is 0.177. The highest BCUT2D eigenvalue weighted by Crippen LogP contribution is 2.33. The summed E-state index contributed by atoms with van der Waals surface area (Å²) in [6, 6.07) is 14.3. The Labute approximate surface area is 198 Å². The molecule has 10 heteroatoms. The topological polar surface area (TPSA) is 103 Å². The Balaban J connectivity index is 1.45. The predicted molar refractivity (Wildman–Crippen MR) is 126 cm³/mol. The van der Waals surface area contributed by atoms with Gasteiger partial charge in [0.05, 0.1) is 11.5 Å². The molecule has 0 unspecified atom stereocenters. The number of hydrogen-bond donors (Lipinski definition) is 0. The van der Waals surface area contributed by atoms with Crippen molar-refractivity contribution < 1.29 is 17.6 Å². The van der Waals surface area contributed by atoms with Crippen LogP contribution in [0, 0.1) is 6.92 Å². The molecule has 0 bridgehead atoms. The third-order valence-corrected chi connectivity index (χ3v) is 7.77. The fourth-order valence-electron chi connectivity index (χ4n) is 4.10. The van der Waals surface area contributed by atoms with Crippen LogP contribution in [0.4, 0.5) is 0 Å². The number of aryl methyl sites for hydroxylation is 2. The molecule has 0 aliphatic carbocycles. The van der Waals surface area contributed by atoms with Crippen LogP contribution in [0.25, 0.3) is 23.0 Å². The van der Waals surface area contributed by atoms with Crippen LogP contribution < -0.4 is 4.74 Å². The standard InChI is InChI=1S/C24H25N5O4S/c1-4-32-18-9-11-19(12-10-18)34(30,31)29-14-13-21-20(15-29)22(27-28(21)3)24-26-25-23(33-24)17-7-5-16(2)6-8-17/h5-12H,4,13-15H2,1-3H3. The van der Waals surface area contributed by atoms with Crippen molar-refractivity contribution in [3.63, 3.8) is 0 Å². The Kier molecular flexibility index (Phi) is 5.70. The Morgan fingerprint density at radius 2 is 1.74 bits per heavy atom. The summed E-state index contributed by atoms with van der Waals surface area (Å²) in [6.45, 7) is 4.95. The Bertz CT molecular complexity index is 1420. The summed E-state index contributed by atoms with van der Waals surface area (Å²) in [5.41, 5.74) is 4.20. The first-order valence-corrected chi connectivity index (χ1v) is 12.5. The molecule has 0 atom stereocenters. The zero-order chi connectivity index (χ0) is 23.9. The maximum Gasteiger partial charge on any atom is 0.268 e.